The molecule has 3 heterocycles. The van der Waals surface area contributed by atoms with Gasteiger partial charge >= 0.3 is 12.1 Å². The fourth-order valence-electron chi connectivity index (χ4n) is 12.1. The van der Waals surface area contributed by atoms with E-state index in [0.29, 0.717) is 41.4 Å². The number of hydrogen-bond donors (Lipinski definition) is 1. The molecule has 0 aromatic rings. The van der Waals surface area contributed by atoms with Crippen molar-refractivity contribution in [2.75, 3.05) is 19.6 Å². The predicted molar refractivity (Wildman–Crippen MR) is 160 cm³/mol. The van der Waals surface area contributed by atoms with Crippen molar-refractivity contribution in [2.24, 2.45) is 52.3 Å². The lowest BCUT2D eigenvalue weighted by Gasteiger charge is -2.63. The molecule has 1 amide bonds. The van der Waals surface area contributed by atoms with Crippen LogP contribution in [-0.2, 0) is 19.0 Å². The van der Waals surface area contributed by atoms with E-state index in [0.717, 1.165) is 71.0 Å². The molecule has 42 heavy (non-hydrogen) atoms. The minimum Gasteiger partial charge on any atom is -0.463 e. The van der Waals surface area contributed by atoms with Crippen molar-refractivity contribution in [1.82, 2.24) is 10.2 Å². The summed E-state index contributed by atoms with van der Waals surface area (Å²) in [6, 6.07) is 0. The molecule has 0 bridgehead atoms. The van der Waals surface area contributed by atoms with E-state index in [1.165, 1.54) is 25.7 Å². The summed E-state index contributed by atoms with van der Waals surface area (Å²) in [6.45, 7) is 14.0. The van der Waals surface area contributed by atoms with Crippen LogP contribution in [-0.4, -0.2) is 60.6 Å². The zero-order valence-corrected chi connectivity index (χ0v) is 26.9. The van der Waals surface area contributed by atoms with Gasteiger partial charge in [0, 0.05) is 43.8 Å². The summed E-state index contributed by atoms with van der Waals surface area (Å²) in [5, 5.41) is 3.89. The maximum absolute atomic E-state index is 13.8. The number of fused-ring (bicyclic) bond motifs is 7. The van der Waals surface area contributed by atoms with Gasteiger partial charge < -0.3 is 19.1 Å². The van der Waals surface area contributed by atoms with Gasteiger partial charge in [0.2, 0.25) is 0 Å². The largest absolute Gasteiger partial charge is 0.463 e. The summed E-state index contributed by atoms with van der Waals surface area (Å²) < 4.78 is 19.7. The Labute approximate surface area is 253 Å². The van der Waals surface area contributed by atoms with Crippen molar-refractivity contribution in [2.45, 2.75) is 136 Å². The minimum absolute atomic E-state index is 0.0562. The highest BCUT2D eigenvalue weighted by molar-refractivity contribution is 5.68. The van der Waals surface area contributed by atoms with E-state index in [2.05, 4.69) is 33.0 Å². The van der Waals surface area contributed by atoms with Gasteiger partial charge in [0.25, 0.3) is 0 Å². The first-order valence-electron chi connectivity index (χ1n) is 17.6. The highest BCUT2D eigenvalue weighted by Gasteiger charge is 2.72. The summed E-state index contributed by atoms with van der Waals surface area (Å²) in [4.78, 5) is 27.5. The monoisotopic (exact) mass is 584 g/mol. The standard InChI is InChI=1S/C35H56N2O5/c1-21-11-14-35(36-20-21)22(2)31-29(42-35)18-28-26-10-9-24-17-25(40-23(3)38)12-13-33(24,4)27(26)19-30(34(28,31)5)41-32(39)37-15-7-6-8-16-37/h21-22,24-31,36H,6-20H2,1-5H3/t21?,22-,24-,25-,26?,27?,28?,29-,30+,31?,33-,34+,35+/m0/s1. The highest BCUT2D eigenvalue weighted by Crippen LogP contribution is 2.71. The third kappa shape index (κ3) is 4.48. The number of piperidine rings is 2. The van der Waals surface area contributed by atoms with Gasteiger partial charge in [-0.3, -0.25) is 10.1 Å². The Hall–Kier alpha value is -1.34. The first-order chi connectivity index (χ1) is 20.0. The van der Waals surface area contributed by atoms with Crippen molar-refractivity contribution in [3.8, 4) is 0 Å². The molecule has 13 atom stereocenters. The first-order valence-corrected chi connectivity index (χ1v) is 17.6. The molecule has 1 N–H and O–H groups in total. The van der Waals surface area contributed by atoms with Crippen LogP contribution in [0.3, 0.4) is 0 Å². The molecule has 7 fully saturated rings. The number of carbonyl (C=O) groups is 2. The smallest absolute Gasteiger partial charge is 0.410 e. The van der Waals surface area contributed by atoms with E-state index < -0.39 is 0 Å². The third-order valence-corrected chi connectivity index (χ3v) is 14.4. The zero-order valence-electron chi connectivity index (χ0n) is 26.9. The highest BCUT2D eigenvalue weighted by atomic mass is 16.6. The van der Waals surface area contributed by atoms with Crippen LogP contribution in [0.1, 0.15) is 112 Å². The van der Waals surface area contributed by atoms with Gasteiger partial charge in [-0.15, -0.1) is 0 Å². The maximum Gasteiger partial charge on any atom is 0.410 e. The van der Waals surface area contributed by atoms with Crippen LogP contribution in [0.4, 0.5) is 4.79 Å². The van der Waals surface area contributed by atoms with Crippen molar-refractivity contribution < 1.29 is 23.8 Å². The van der Waals surface area contributed by atoms with Crippen LogP contribution < -0.4 is 5.32 Å². The number of nitrogens with zero attached hydrogens (tertiary/aromatic N) is 1. The number of amides is 1. The Balaban J connectivity index is 1.20. The van der Waals surface area contributed by atoms with Gasteiger partial charge in [0.15, 0.2) is 0 Å². The van der Waals surface area contributed by atoms with Crippen LogP contribution in [0.5, 0.6) is 0 Å². The Morgan fingerprint density at radius 1 is 0.905 bits per heavy atom. The van der Waals surface area contributed by atoms with Crippen LogP contribution in [0.15, 0.2) is 0 Å². The molecule has 3 aliphatic heterocycles. The van der Waals surface area contributed by atoms with E-state index in [1.54, 1.807) is 6.92 Å². The normalized spacial score (nSPS) is 51.7. The van der Waals surface area contributed by atoms with Crippen molar-refractivity contribution in [3.05, 3.63) is 0 Å². The summed E-state index contributed by atoms with van der Waals surface area (Å²) in [5.41, 5.74) is -0.112. The molecule has 5 unspecified atom stereocenters. The minimum atomic E-state index is -0.229. The van der Waals surface area contributed by atoms with Crippen LogP contribution in [0.2, 0.25) is 0 Å². The Kier molecular flexibility index (Phi) is 7.44. The van der Waals surface area contributed by atoms with Gasteiger partial charge in [0.05, 0.1) is 6.10 Å². The fourth-order valence-corrected chi connectivity index (χ4v) is 12.1. The number of ether oxygens (including phenoxy) is 3. The third-order valence-electron chi connectivity index (χ3n) is 14.4. The molecular weight excluding hydrogens is 528 g/mol. The summed E-state index contributed by atoms with van der Waals surface area (Å²) in [6.07, 6.45) is 13.3. The molecular formula is C35H56N2O5. The number of hydrogen-bond acceptors (Lipinski definition) is 6. The molecule has 4 saturated carbocycles. The quantitative estimate of drug-likeness (QED) is 0.372. The van der Waals surface area contributed by atoms with Crippen molar-refractivity contribution >= 4 is 12.1 Å². The summed E-state index contributed by atoms with van der Waals surface area (Å²) >= 11 is 0. The van der Waals surface area contributed by atoms with E-state index in [-0.39, 0.29) is 46.9 Å². The topological polar surface area (TPSA) is 77.1 Å². The van der Waals surface area contributed by atoms with E-state index in [9.17, 15) is 9.59 Å². The predicted octanol–water partition coefficient (Wildman–Crippen LogP) is 6.54. The van der Waals surface area contributed by atoms with Crippen LogP contribution in [0, 0.1) is 52.3 Å². The molecule has 236 valence electrons. The van der Waals surface area contributed by atoms with Gasteiger partial charge in [-0.25, -0.2) is 4.79 Å². The molecule has 0 radical (unpaired) electrons. The summed E-state index contributed by atoms with van der Waals surface area (Å²) in [5.74, 6) is 3.57. The second-order valence-electron chi connectivity index (χ2n) is 16.3. The molecule has 4 aliphatic carbocycles. The second-order valence-corrected chi connectivity index (χ2v) is 16.3. The number of nitrogens with one attached hydrogen (secondary N) is 1. The van der Waals surface area contributed by atoms with Crippen molar-refractivity contribution in [1.29, 1.82) is 0 Å². The number of esters is 1. The average Bonchev–Trinajstić information content (AvgIpc) is 3.41. The van der Waals surface area contributed by atoms with E-state index >= 15 is 0 Å². The van der Waals surface area contributed by atoms with Gasteiger partial charge in [-0.2, -0.15) is 0 Å². The molecule has 7 nitrogen and oxygen atoms in total. The fraction of sp³-hybridized carbons (Fsp3) is 0.943. The molecule has 0 aromatic carbocycles. The number of carbonyl (C=O) groups excluding carboxylic acids is 2. The molecule has 1 spiro atoms. The lowest BCUT2D eigenvalue weighted by Crippen LogP contribution is -2.62. The molecule has 0 aromatic heterocycles. The number of likely N-dealkylation sites (tertiary alicyclic amines) is 1. The Morgan fingerprint density at radius 2 is 1.69 bits per heavy atom. The lowest BCUT2D eigenvalue weighted by molar-refractivity contribution is -0.185. The van der Waals surface area contributed by atoms with Gasteiger partial charge in [-0.05, 0) is 112 Å². The summed E-state index contributed by atoms with van der Waals surface area (Å²) in [7, 11) is 0. The molecule has 7 aliphatic rings. The first kappa shape index (κ1) is 29.4. The Morgan fingerprint density at radius 3 is 2.40 bits per heavy atom. The SMILES string of the molecule is CC(=O)O[C@H]1CC[C@]2(C)C3C[C@@H](OC(=O)N4CCCCC4)[C@@]4(C)C(C[C@@H]5O[C@]6(CCC(C)CN6)[C@@H](C)C54)C3CC[C@H]2C1. The average molecular weight is 585 g/mol. The molecule has 3 saturated heterocycles. The molecule has 7 heteroatoms. The van der Waals surface area contributed by atoms with Crippen molar-refractivity contribution in [3.63, 3.8) is 0 Å². The van der Waals surface area contributed by atoms with E-state index in [4.69, 9.17) is 14.2 Å². The van der Waals surface area contributed by atoms with Crippen LogP contribution in [0.25, 0.3) is 0 Å². The van der Waals surface area contributed by atoms with E-state index in [1.807, 2.05) is 4.90 Å². The zero-order chi connectivity index (χ0) is 29.4. The maximum atomic E-state index is 13.8. The molecule has 7 rings (SSSR count). The number of rotatable bonds is 2. The lowest BCUT2D eigenvalue weighted by atomic mass is 9.43. The second kappa shape index (κ2) is 10.6. The van der Waals surface area contributed by atoms with Gasteiger partial charge in [0.1, 0.15) is 17.9 Å². The Bertz CT molecular complexity index is 1050. The van der Waals surface area contributed by atoms with Gasteiger partial charge in [-0.1, -0.05) is 27.7 Å². The van der Waals surface area contributed by atoms with Crippen LogP contribution >= 0.6 is 0 Å².